The fraction of sp³-hybridized carbons (Fsp3) is 0.581. The van der Waals surface area contributed by atoms with E-state index in [1.54, 1.807) is 14.2 Å². The number of ether oxygens (including phenoxy) is 4. The molecule has 0 aliphatic heterocycles. The Morgan fingerprint density at radius 3 is 2.04 bits per heavy atom. The van der Waals surface area contributed by atoms with Crippen LogP contribution in [0, 0.1) is 11.8 Å². The molecule has 1 fully saturated rings. The van der Waals surface area contributed by atoms with Gasteiger partial charge < -0.3 is 33.7 Å². The third-order valence-corrected chi connectivity index (χ3v) is 10.3. The van der Waals surface area contributed by atoms with Gasteiger partial charge in [0, 0.05) is 33.5 Å². The third-order valence-electron chi connectivity index (χ3n) is 10.3. The van der Waals surface area contributed by atoms with E-state index in [0.717, 1.165) is 103 Å². The van der Waals surface area contributed by atoms with E-state index < -0.39 is 5.60 Å². The van der Waals surface area contributed by atoms with Gasteiger partial charge in [0.1, 0.15) is 34.0 Å². The number of unbranched alkanes of at least 4 members (excludes halogenated alkanes) is 1. The number of benzene rings is 2. The van der Waals surface area contributed by atoms with Crippen LogP contribution in [-0.4, -0.2) is 57.8 Å². The van der Waals surface area contributed by atoms with E-state index in [1.807, 2.05) is 58.9 Å². The maximum atomic E-state index is 12.4. The van der Waals surface area contributed by atoms with Gasteiger partial charge in [0.25, 0.3) is 5.88 Å². The smallest absolute Gasteiger partial charge is 0.407 e. The lowest BCUT2D eigenvalue weighted by Crippen LogP contribution is -2.42. The molecule has 296 valence electrons. The van der Waals surface area contributed by atoms with Crippen LogP contribution in [0.2, 0.25) is 0 Å². The van der Waals surface area contributed by atoms with Crippen molar-refractivity contribution in [1.29, 1.82) is 0 Å². The quantitative estimate of drug-likeness (QED) is 0.113. The number of carbonyl (C=O) groups excluding carboxylic acids is 1. The van der Waals surface area contributed by atoms with Crippen molar-refractivity contribution < 1.29 is 25.2 Å². The SMILES string of the molecule is CCCCc1nc2c(N(Cc3ccc(OC)cc3)Cc3ccc(OC)cc3)nnc(OC(C)C)c2n1CCC1CCC(C(C)NC(=O)OC(C)(C)C)CC1.[HH]. The van der Waals surface area contributed by atoms with E-state index >= 15 is 0 Å². The van der Waals surface area contributed by atoms with Crippen LogP contribution in [0.1, 0.15) is 112 Å². The van der Waals surface area contributed by atoms with E-state index in [2.05, 4.69) is 52.9 Å². The zero-order valence-corrected chi connectivity index (χ0v) is 34.0. The molecule has 1 unspecified atom stereocenters. The molecular formula is C43H64N6O5. The van der Waals surface area contributed by atoms with Crippen molar-refractivity contribution in [2.75, 3.05) is 19.1 Å². The van der Waals surface area contributed by atoms with E-state index in [0.29, 0.717) is 30.8 Å². The third kappa shape index (κ3) is 11.0. The molecule has 54 heavy (non-hydrogen) atoms. The summed E-state index contributed by atoms with van der Waals surface area (Å²) >= 11 is 0. The zero-order chi connectivity index (χ0) is 38.8. The number of carbonyl (C=O) groups is 1. The number of alkyl carbamates (subject to hydrolysis) is 1. The molecule has 0 saturated heterocycles. The number of aryl methyl sites for hydroxylation is 2. The van der Waals surface area contributed by atoms with Crippen LogP contribution in [0.4, 0.5) is 10.6 Å². The Balaban J connectivity index is 0.00000673. The van der Waals surface area contributed by atoms with Gasteiger partial charge in [-0.2, -0.15) is 0 Å². The summed E-state index contributed by atoms with van der Waals surface area (Å²) in [6, 6.07) is 16.4. The van der Waals surface area contributed by atoms with Crippen LogP contribution in [0.15, 0.2) is 48.5 Å². The Labute approximate surface area is 323 Å². The molecular weight excluding hydrogens is 681 g/mol. The van der Waals surface area contributed by atoms with Crippen molar-refractivity contribution in [1.82, 2.24) is 25.1 Å². The molecule has 1 aliphatic carbocycles. The Hall–Kier alpha value is -4.54. The fourth-order valence-corrected chi connectivity index (χ4v) is 7.35. The minimum Gasteiger partial charge on any atom is -0.497 e. The maximum Gasteiger partial charge on any atom is 0.407 e. The van der Waals surface area contributed by atoms with E-state index in [4.69, 9.17) is 34.1 Å². The minimum atomic E-state index is -0.507. The number of fused-ring (bicyclic) bond motifs is 1. The predicted octanol–water partition coefficient (Wildman–Crippen LogP) is 9.54. The van der Waals surface area contributed by atoms with Crippen LogP contribution in [-0.2, 0) is 30.8 Å². The number of rotatable bonds is 17. The molecule has 11 heteroatoms. The van der Waals surface area contributed by atoms with Gasteiger partial charge >= 0.3 is 6.09 Å². The minimum absolute atomic E-state index is 0. The highest BCUT2D eigenvalue weighted by atomic mass is 16.6. The summed E-state index contributed by atoms with van der Waals surface area (Å²) in [4.78, 5) is 20.1. The maximum absolute atomic E-state index is 12.4. The summed E-state index contributed by atoms with van der Waals surface area (Å²) in [5.41, 5.74) is 3.47. The van der Waals surface area contributed by atoms with Crippen LogP contribution >= 0.6 is 0 Å². The second kappa shape index (κ2) is 18.7. The normalized spacial score (nSPS) is 16.6. The standard InChI is InChI=1S/C43H62N6O5.H2/c1-10-11-12-37-45-38-39(49(37)26-25-31-13-19-34(20-14-31)30(4)44-42(50)54-43(5,6)7)41(53-29(2)3)47-46-40(38)48(27-32-15-21-35(51-8)22-16-32)28-33-17-23-36(52-9)24-18-33;/h15-18,21-24,29-31,34H,10-14,19-20,25-28H2,1-9H3,(H,44,50);1H. The van der Waals surface area contributed by atoms with E-state index in [1.165, 1.54) is 0 Å². The highest BCUT2D eigenvalue weighted by molar-refractivity contribution is 5.90. The number of amides is 1. The molecule has 1 saturated carbocycles. The van der Waals surface area contributed by atoms with Gasteiger partial charge in [-0.3, -0.25) is 0 Å². The number of nitrogens with zero attached hydrogens (tertiary/aromatic N) is 5. The lowest BCUT2D eigenvalue weighted by atomic mass is 9.78. The number of hydrogen-bond donors (Lipinski definition) is 1. The summed E-state index contributed by atoms with van der Waals surface area (Å²) in [5, 5.41) is 12.7. The Bertz CT molecular complexity index is 1730. The van der Waals surface area contributed by atoms with Crippen molar-refractivity contribution in [2.45, 2.75) is 137 Å². The zero-order valence-electron chi connectivity index (χ0n) is 34.0. The van der Waals surface area contributed by atoms with Gasteiger partial charge in [0.05, 0.1) is 20.3 Å². The molecule has 4 aromatic rings. The molecule has 1 aliphatic rings. The molecule has 0 bridgehead atoms. The number of methoxy groups -OCH3 is 2. The van der Waals surface area contributed by atoms with Crippen molar-refractivity contribution in [3.05, 3.63) is 65.5 Å². The van der Waals surface area contributed by atoms with Gasteiger partial charge in [-0.05, 0) is 114 Å². The van der Waals surface area contributed by atoms with Crippen LogP contribution in [0.3, 0.4) is 0 Å². The van der Waals surface area contributed by atoms with Crippen molar-refractivity contribution >= 4 is 22.9 Å². The monoisotopic (exact) mass is 744 g/mol. The van der Waals surface area contributed by atoms with Crippen LogP contribution in [0.5, 0.6) is 17.4 Å². The van der Waals surface area contributed by atoms with Gasteiger partial charge in [-0.1, -0.05) is 50.5 Å². The van der Waals surface area contributed by atoms with Gasteiger partial charge in [-0.15, -0.1) is 10.2 Å². The molecule has 5 rings (SSSR count). The molecule has 2 heterocycles. The molecule has 1 N–H and O–H groups in total. The summed E-state index contributed by atoms with van der Waals surface area (Å²) in [5.74, 6) is 4.96. The van der Waals surface area contributed by atoms with E-state index in [9.17, 15) is 4.79 Å². The lowest BCUT2D eigenvalue weighted by molar-refractivity contribution is 0.0479. The van der Waals surface area contributed by atoms with E-state index in [-0.39, 0.29) is 19.7 Å². The first-order valence-electron chi connectivity index (χ1n) is 19.8. The average molecular weight is 745 g/mol. The van der Waals surface area contributed by atoms with Gasteiger partial charge in [0.2, 0.25) is 0 Å². The topological polar surface area (TPSA) is 113 Å². The predicted molar refractivity (Wildman–Crippen MR) is 217 cm³/mol. The van der Waals surface area contributed by atoms with Gasteiger partial charge in [-0.25, -0.2) is 9.78 Å². The summed E-state index contributed by atoms with van der Waals surface area (Å²) in [6.07, 6.45) is 8.01. The Morgan fingerprint density at radius 1 is 0.926 bits per heavy atom. The number of nitrogens with one attached hydrogen (secondary N) is 1. The summed E-state index contributed by atoms with van der Waals surface area (Å²) in [6.45, 7) is 16.1. The lowest BCUT2D eigenvalue weighted by Gasteiger charge is -2.33. The second-order valence-corrected chi connectivity index (χ2v) is 16.0. The number of imidazole rings is 1. The summed E-state index contributed by atoms with van der Waals surface area (Å²) in [7, 11) is 3.37. The fourth-order valence-electron chi connectivity index (χ4n) is 7.35. The summed E-state index contributed by atoms with van der Waals surface area (Å²) < 4.78 is 25.2. The molecule has 2 aromatic heterocycles. The van der Waals surface area contributed by atoms with Crippen LogP contribution in [0.25, 0.3) is 11.0 Å². The van der Waals surface area contributed by atoms with Crippen molar-refractivity contribution in [3.63, 3.8) is 0 Å². The number of aromatic nitrogens is 4. The van der Waals surface area contributed by atoms with Crippen LogP contribution < -0.4 is 24.4 Å². The Morgan fingerprint density at radius 2 is 1.52 bits per heavy atom. The highest BCUT2D eigenvalue weighted by Crippen LogP contribution is 2.37. The first-order valence-corrected chi connectivity index (χ1v) is 19.8. The molecule has 0 radical (unpaired) electrons. The van der Waals surface area contributed by atoms with Crippen molar-refractivity contribution in [3.8, 4) is 17.4 Å². The number of anilines is 1. The molecule has 0 spiro atoms. The number of hydrogen-bond acceptors (Lipinski definition) is 9. The van der Waals surface area contributed by atoms with Gasteiger partial charge in [0.15, 0.2) is 5.82 Å². The van der Waals surface area contributed by atoms with Crippen molar-refractivity contribution in [2.24, 2.45) is 11.8 Å². The largest absolute Gasteiger partial charge is 0.497 e. The first-order chi connectivity index (χ1) is 25.9. The molecule has 1 atom stereocenters. The Kier molecular flexibility index (Phi) is 14.1. The first kappa shape index (κ1) is 40.6. The molecule has 1 amide bonds. The molecule has 2 aromatic carbocycles. The highest BCUT2D eigenvalue weighted by Gasteiger charge is 2.29. The second-order valence-electron chi connectivity index (χ2n) is 16.0. The average Bonchev–Trinajstić information content (AvgIpc) is 3.51. The molecule has 11 nitrogen and oxygen atoms in total.